The zero-order valence-corrected chi connectivity index (χ0v) is 15.0. The fourth-order valence-corrected chi connectivity index (χ4v) is 2.73. The molecule has 1 aliphatic rings. The maximum atomic E-state index is 12.5. The molecule has 5 nitrogen and oxygen atoms in total. The van der Waals surface area contributed by atoms with Crippen LogP contribution in [-0.2, 0) is 11.2 Å². The van der Waals surface area contributed by atoms with Crippen molar-refractivity contribution < 1.29 is 14.3 Å². The molecule has 3 rings (SSSR count). The third-order valence-corrected chi connectivity index (χ3v) is 4.06. The van der Waals surface area contributed by atoms with Crippen molar-refractivity contribution in [2.75, 3.05) is 25.4 Å². The number of hydrogen-bond acceptors (Lipinski definition) is 4. The Hall–Kier alpha value is -2.40. The molecule has 0 saturated heterocycles. The number of rotatable bonds is 5. The van der Waals surface area contributed by atoms with Crippen LogP contribution in [0.4, 0.5) is 5.69 Å². The molecule has 0 saturated carbocycles. The van der Waals surface area contributed by atoms with Gasteiger partial charge in [-0.1, -0.05) is 24.3 Å². The lowest BCUT2D eigenvalue weighted by Crippen LogP contribution is -2.44. The summed E-state index contributed by atoms with van der Waals surface area (Å²) in [4.78, 5) is 14.4. The van der Waals surface area contributed by atoms with Gasteiger partial charge in [0.2, 0.25) is 5.91 Å². The number of nitrogens with zero attached hydrogens (tertiary/aromatic N) is 1. The van der Waals surface area contributed by atoms with Gasteiger partial charge >= 0.3 is 0 Å². The summed E-state index contributed by atoms with van der Waals surface area (Å²) in [5.74, 6) is 1.56. The number of halogens is 1. The van der Waals surface area contributed by atoms with Crippen molar-refractivity contribution in [1.29, 1.82) is 0 Å². The molecule has 0 aromatic heterocycles. The zero-order chi connectivity index (χ0) is 16.9. The molecule has 134 valence electrons. The number of amides is 1. The number of ether oxygens (including phenoxy) is 2. The maximum absolute atomic E-state index is 12.5. The highest BCUT2D eigenvalue weighted by atomic mass is 35.5. The van der Waals surface area contributed by atoms with Crippen LogP contribution in [0.25, 0.3) is 0 Å². The van der Waals surface area contributed by atoms with Gasteiger partial charge in [0.05, 0.1) is 13.0 Å². The summed E-state index contributed by atoms with van der Waals surface area (Å²) in [5, 5.41) is 0. The van der Waals surface area contributed by atoms with Crippen molar-refractivity contribution in [2.45, 2.75) is 19.4 Å². The average Bonchev–Trinajstić information content (AvgIpc) is 2.61. The van der Waals surface area contributed by atoms with Crippen molar-refractivity contribution in [3.63, 3.8) is 0 Å². The normalized spacial score (nSPS) is 15.2. The van der Waals surface area contributed by atoms with Crippen LogP contribution >= 0.6 is 12.4 Å². The quantitative estimate of drug-likeness (QED) is 0.830. The summed E-state index contributed by atoms with van der Waals surface area (Å²) in [5.41, 5.74) is 7.34. The van der Waals surface area contributed by atoms with Crippen LogP contribution in [0.1, 0.15) is 12.5 Å². The minimum Gasteiger partial charge on any atom is -0.486 e. The Morgan fingerprint density at radius 1 is 1.16 bits per heavy atom. The number of carbonyl (C=O) groups excluding carboxylic acids is 1. The molecule has 0 aliphatic carbocycles. The van der Waals surface area contributed by atoms with Crippen molar-refractivity contribution >= 4 is 24.0 Å². The monoisotopic (exact) mass is 362 g/mol. The second kappa shape index (κ2) is 8.62. The molecule has 1 amide bonds. The fourth-order valence-electron chi connectivity index (χ4n) is 2.73. The number of likely N-dealkylation sites (N-methyl/N-ethyl adjacent to an activating group) is 1. The van der Waals surface area contributed by atoms with Crippen LogP contribution in [0.5, 0.6) is 11.5 Å². The Balaban J connectivity index is 0.00000225. The number of anilines is 1. The largest absolute Gasteiger partial charge is 0.486 e. The van der Waals surface area contributed by atoms with Gasteiger partial charge in [-0.3, -0.25) is 4.79 Å². The smallest absolute Gasteiger partial charge is 0.227 e. The van der Waals surface area contributed by atoms with Crippen LogP contribution < -0.4 is 15.2 Å². The number of hydrogen-bond donors (Lipinski definition) is 1. The first-order valence-electron chi connectivity index (χ1n) is 8.16. The molecule has 1 heterocycles. The van der Waals surface area contributed by atoms with Gasteiger partial charge in [0.25, 0.3) is 0 Å². The van der Waals surface area contributed by atoms with Gasteiger partial charge in [0, 0.05) is 12.2 Å². The Labute approximate surface area is 154 Å². The molecular formula is C19H23ClN2O3. The number of nitrogen functional groups attached to an aromatic ring is 1. The molecule has 2 aromatic carbocycles. The van der Waals surface area contributed by atoms with Gasteiger partial charge in [0.1, 0.15) is 6.61 Å². The first-order chi connectivity index (χ1) is 11.7. The topological polar surface area (TPSA) is 64.8 Å². The van der Waals surface area contributed by atoms with E-state index in [1.807, 2.05) is 55.5 Å². The lowest BCUT2D eigenvalue weighted by atomic mass is 10.1. The van der Waals surface area contributed by atoms with Crippen LogP contribution in [-0.4, -0.2) is 36.6 Å². The van der Waals surface area contributed by atoms with Crippen LogP contribution in [0.3, 0.4) is 0 Å². The van der Waals surface area contributed by atoms with E-state index in [1.54, 1.807) is 4.90 Å². The Morgan fingerprint density at radius 3 is 2.52 bits per heavy atom. The van der Waals surface area contributed by atoms with E-state index in [1.165, 1.54) is 0 Å². The Kier molecular flexibility index (Phi) is 6.53. The van der Waals surface area contributed by atoms with Gasteiger partial charge in [-0.15, -0.1) is 12.4 Å². The number of carbonyl (C=O) groups is 1. The summed E-state index contributed by atoms with van der Waals surface area (Å²) >= 11 is 0. The average molecular weight is 363 g/mol. The van der Waals surface area contributed by atoms with Gasteiger partial charge < -0.3 is 20.1 Å². The fraction of sp³-hybridized carbons (Fsp3) is 0.316. The second-order valence-corrected chi connectivity index (χ2v) is 5.85. The van der Waals surface area contributed by atoms with Crippen molar-refractivity contribution in [3.8, 4) is 11.5 Å². The minimum absolute atomic E-state index is 0. The second-order valence-electron chi connectivity index (χ2n) is 5.85. The number of nitrogens with two attached hydrogens (primary N) is 1. The number of fused-ring (bicyclic) bond motifs is 1. The third kappa shape index (κ3) is 4.79. The molecule has 0 spiro atoms. The molecule has 0 fully saturated rings. The van der Waals surface area contributed by atoms with Gasteiger partial charge in [0.15, 0.2) is 17.6 Å². The molecule has 0 radical (unpaired) electrons. The maximum Gasteiger partial charge on any atom is 0.227 e. The summed E-state index contributed by atoms with van der Waals surface area (Å²) in [6.07, 6.45) is 0.202. The van der Waals surface area contributed by atoms with E-state index in [2.05, 4.69) is 0 Å². The standard InChI is InChI=1S/C19H22N2O3.ClH/c1-2-21(19(22)11-14-7-9-15(20)10-8-14)12-16-13-23-17-5-3-4-6-18(17)24-16;/h3-10,16H,2,11-13,20H2,1H3;1H. The summed E-state index contributed by atoms with van der Waals surface area (Å²) < 4.78 is 11.7. The van der Waals surface area contributed by atoms with E-state index < -0.39 is 0 Å². The molecule has 2 N–H and O–H groups in total. The van der Waals surface area contributed by atoms with Gasteiger partial charge in [-0.25, -0.2) is 0 Å². The first-order valence-corrected chi connectivity index (χ1v) is 8.16. The first kappa shape index (κ1) is 18.9. The lowest BCUT2D eigenvalue weighted by molar-refractivity contribution is -0.131. The molecular weight excluding hydrogens is 340 g/mol. The van der Waals surface area contributed by atoms with Crippen LogP contribution in [0.15, 0.2) is 48.5 Å². The predicted molar refractivity (Wildman–Crippen MR) is 100 cm³/mol. The number of para-hydroxylation sites is 2. The molecule has 25 heavy (non-hydrogen) atoms. The minimum atomic E-state index is -0.157. The van der Waals surface area contributed by atoms with E-state index in [0.29, 0.717) is 31.8 Å². The molecule has 6 heteroatoms. The van der Waals surface area contributed by atoms with E-state index in [9.17, 15) is 4.79 Å². The van der Waals surface area contributed by atoms with E-state index in [-0.39, 0.29) is 24.4 Å². The highest BCUT2D eigenvalue weighted by Crippen LogP contribution is 2.31. The van der Waals surface area contributed by atoms with Gasteiger partial charge in [-0.2, -0.15) is 0 Å². The van der Waals surface area contributed by atoms with Gasteiger partial charge in [-0.05, 0) is 36.8 Å². The lowest BCUT2D eigenvalue weighted by Gasteiger charge is -2.31. The molecule has 1 atom stereocenters. The van der Waals surface area contributed by atoms with Crippen molar-refractivity contribution in [2.24, 2.45) is 0 Å². The van der Waals surface area contributed by atoms with E-state index in [4.69, 9.17) is 15.2 Å². The van der Waals surface area contributed by atoms with E-state index in [0.717, 1.165) is 17.1 Å². The van der Waals surface area contributed by atoms with Crippen molar-refractivity contribution in [3.05, 3.63) is 54.1 Å². The van der Waals surface area contributed by atoms with Crippen LogP contribution in [0, 0.1) is 0 Å². The van der Waals surface area contributed by atoms with Crippen molar-refractivity contribution in [1.82, 2.24) is 4.90 Å². The zero-order valence-electron chi connectivity index (χ0n) is 14.2. The molecule has 1 aliphatic heterocycles. The molecule has 1 unspecified atom stereocenters. The summed E-state index contributed by atoms with van der Waals surface area (Å²) in [7, 11) is 0. The summed E-state index contributed by atoms with van der Waals surface area (Å²) in [6, 6.07) is 15.0. The molecule has 0 bridgehead atoms. The highest BCUT2D eigenvalue weighted by molar-refractivity contribution is 5.85. The van der Waals surface area contributed by atoms with E-state index >= 15 is 0 Å². The summed E-state index contributed by atoms with van der Waals surface area (Å²) in [6.45, 7) is 3.56. The van der Waals surface area contributed by atoms with Crippen LogP contribution in [0.2, 0.25) is 0 Å². The molecule has 2 aromatic rings. The number of benzene rings is 2. The highest BCUT2D eigenvalue weighted by Gasteiger charge is 2.24. The third-order valence-electron chi connectivity index (χ3n) is 4.06. The SMILES string of the molecule is CCN(CC1COc2ccccc2O1)C(=O)Cc1ccc(N)cc1.Cl. The predicted octanol–water partition coefficient (Wildman–Crippen LogP) is 2.92. The Bertz CT molecular complexity index is 706. The Morgan fingerprint density at radius 2 is 1.84 bits per heavy atom.